The summed E-state index contributed by atoms with van der Waals surface area (Å²) in [6.07, 6.45) is 0. The lowest BCUT2D eigenvalue weighted by molar-refractivity contribution is -0.383. The van der Waals surface area contributed by atoms with Gasteiger partial charge in [0.05, 0.1) is 4.92 Å². The Bertz CT molecular complexity index is 749. The minimum absolute atomic E-state index is 0.0284. The number of halogens is 1. The van der Waals surface area contributed by atoms with Crippen LogP contribution in [-0.4, -0.2) is 22.3 Å². The highest BCUT2D eigenvalue weighted by Crippen LogP contribution is 2.24. The predicted molar refractivity (Wildman–Crippen MR) is 89.4 cm³/mol. The molecule has 2 rings (SSSR count). The number of anilines is 1. The van der Waals surface area contributed by atoms with Gasteiger partial charge in [0.25, 0.3) is 11.6 Å². The maximum absolute atomic E-state index is 12.6. The Morgan fingerprint density at radius 2 is 2.00 bits per heavy atom. The van der Waals surface area contributed by atoms with Crippen molar-refractivity contribution >= 4 is 28.9 Å². The highest BCUT2D eigenvalue weighted by atomic mass is 35.5. The van der Waals surface area contributed by atoms with Crippen molar-refractivity contribution in [3.63, 3.8) is 0 Å². The van der Waals surface area contributed by atoms with Gasteiger partial charge in [0, 0.05) is 29.7 Å². The first-order valence-corrected chi connectivity index (χ1v) is 7.38. The van der Waals surface area contributed by atoms with Crippen molar-refractivity contribution in [3.05, 3.63) is 68.7 Å². The number of hydrogen-bond donors (Lipinski definition) is 1. The van der Waals surface area contributed by atoms with Crippen LogP contribution in [0.3, 0.4) is 0 Å². The van der Waals surface area contributed by atoms with Gasteiger partial charge >= 0.3 is 0 Å². The molecule has 120 valence electrons. The molecule has 0 heterocycles. The highest BCUT2D eigenvalue weighted by Gasteiger charge is 2.20. The van der Waals surface area contributed by atoms with Crippen molar-refractivity contribution in [1.82, 2.24) is 4.90 Å². The minimum atomic E-state index is -0.601. The molecule has 1 amide bonds. The molecular formula is C16H16ClN3O3. The van der Waals surface area contributed by atoms with Crippen LogP contribution in [-0.2, 0) is 6.54 Å². The second-order valence-electron chi connectivity index (χ2n) is 4.94. The molecule has 0 atom stereocenters. The summed E-state index contributed by atoms with van der Waals surface area (Å²) in [5.41, 5.74) is 6.35. The van der Waals surface area contributed by atoms with E-state index in [0.29, 0.717) is 18.1 Å². The first-order chi connectivity index (χ1) is 10.9. The molecule has 0 aromatic heterocycles. The van der Waals surface area contributed by atoms with E-state index in [1.165, 1.54) is 18.2 Å². The van der Waals surface area contributed by atoms with Crippen LogP contribution in [0.1, 0.15) is 22.8 Å². The number of carbonyl (C=O) groups excluding carboxylic acids is 1. The van der Waals surface area contributed by atoms with E-state index in [2.05, 4.69) is 0 Å². The molecule has 2 aromatic carbocycles. The molecule has 0 saturated heterocycles. The Kier molecular flexibility index (Phi) is 5.18. The monoisotopic (exact) mass is 333 g/mol. The van der Waals surface area contributed by atoms with E-state index in [0.717, 1.165) is 5.56 Å². The lowest BCUT2D eigenvalue weighted by Crippen LogP contribution is -2.30. The minimum Gasteiger partial charge on any atom is -0.393 e. The molecule has 0 aliphatic heterocycles. The third-order valence-electron chi connectivity index (χ3n) is 3.46. The summed E-state index contributed by atoms with van der Waals surface area (Å²) < 4.78 is 0. The first kappa shape index (κ1) is 16.8. The van der Waals surface area contributed by atoms with Crippen molar-refractivity contribution < 1.29 is 9.72 Å². The number of hydrogen-bond acceptors (Lipinski definition) is 4. The molecule has 0 fully saturated rings. The van der Waals surface area contributed by atoms with Gasteiger partial charge in [-0.15, -0.1) is 0 Å². The summed E-state index contributed by atoms with van der Waals surface area (Å²) in [6.45, 7) is 2.61. The predicted octanol–water partition coefficient (Wildman–Crippen LogP) is 3.49. The molecule has 7 heteroatoms. The zero-order chi connectivity index (χ0) is 17.0. The molecule has 0 bridgehead atoms. The lowest BCUT2D eigenvalue weighted by atomic mass is 10.1. The Morgan fingerprint density at radius 3 is 2.61 bits per heavy atom. The molecule has 0 spiro atoms. The standard InChI is InChI=1S/C16H16ClN3O3/c1-2-19(10-12-5-3-4-6-13(12)17)16(21)11-7-8-14(18)15(9-11)20(22)23/h3-9H,2,10,18H2,1H3. The third kappa shape index (κ3) is 3.78. The summed E-state index contributed by atoms with van der Waals surface area (Å²) >= 11 is 6.12. The second-order valence-corrected chi connectivity index (χ2v) is 5.35. The topological polar surface area (TPSA) is 89.5 Å². The number of amides is 1. The van der Waals surface area contributed by atoms with Crippen LogP contribution in [0.25, 0.3) is 0 Å². The van der Waals surface area contributed by atoms with Crippen LogP contribution in [0.15, 0.2) is 42.5 Å². The Morgan fingerprint density at radius 1 is 1.30 bits per heavy atom. The quantitative estimate of drug-likeness (QED) is 0.515. The van der Waals surface area contributed by atoms with E-state index >= 15 is 0 Å². The van der Waals surface area contributed by atoms with Gasteiger partial charge in [0.2, 0.25) is 0 Å². The van der Waals surface area contributed by atoms with Crippen LogP contribution >= 0.6 is 11.6 Å². The van der Waals surface area contributed by atoms with E-state index < -0.39 is 4.92 Å². The summed E-state index contributed by atoms with van der Waals surface area (Å²) in [5, 5.41) is 11.5. The SMILES string of the molecule is CCN(Cc1ccccc1Cl)C(=O)c1ccc(N)c([N+](=O)[O-])c1. The second kappa shape index (κ2) is 7.11. The van der Waals surface area contributed by atoms with Gasteiger partial charge in [-0.2, -0.15) is 0 Å². The molecule has 0 radical (unpaired) electrons. The maximum Gasteiger partial charge on any atom is 0.292 e. The van der Waals surface area contributed by atoms with Crippen LogP contribution in [0, 0.1) is 10.1 Å². The lowest BCUT2D eigenvalue weighted by Gasteiger charge is -2.21. The first-order valence-electron chi connectivity index (χ1n) is 7.00. The van der Waals surface area contributed by atoms with E-state index in [-0.39, 0.29) is 22.8 Å². The van der Waals surface area contributed by atoms with Crippen LogP contribution in [0.4, 0.5) is 11.4 Å². The number of carbonyl (C=O) groups is 1. The van der Waals surface area contributed by atoms with Crippen LogP contribution < -0.4 is 5.73 Å². The van der Waals surface area contributed by atoms with Gasteiger partial charge in [0.1, 0.15) is 5.69 Å². The van der Waals surface area contributed by atoms with Crippen molar-refractivity contribution in [1.29, 1.82) is 0 Å². The zero-order valence-electron chi connectivity index (χ0n) is 12.5. The Hall–Kier alpha value is -2.60. The third-order valence-corrected chi connectivity index (χ3v) is 3.83. The summed E-state index contributed by atoms with van der Waals surface area (Å²) in [6, 6.07) is 11.3. The van der Waals surface area contributed by atoms with E-state index in [1.54, 1.807) is 11.0 Å². The van der Waals surface area contributed by atoms with Crippen molar-refractivity contribution in [2.75, 3.05) is 12.3 Å². The van der Waals surface area contributed by atoms with E-state index in [1.807, 2.05) is 25.1 Å². The molecule has 0 aliphatic carbocycles. The fourth-order valence-electron chi connectivity index (χ4n) is 2.18. The van der Waals surface area contributed by atoms with Gasteiger partial charge in [-0.3, -0.25) is 14.9 Å². The molecule has 0 unspecified atom stereocenters. The van der Waals surface area contributed by atoms with E-state index in [4.69, 9.17) is 17.3 Å². The molecule has 0 saturated carbocycles. The molecule has 6 nitrogen and oxygen atoms in total. The van der Waals surface area contributed by atoms with Gasteiger partial charge in [-0.25, -0.2) is 0 Å². The van der Waals surface area contributed by atoms with Crippen molar-refractivity contribution in [2.24, 2.45) is 0 Å². The van der Waals surface area contributed by atoms with E-state index in [9.17, 15) is 14.9 Å². The smallest absolute Gasteiger partial charge is 0.292 e. The van der Waals surface area contributed by atoms with Gasteiger partial charge in [-0.05, 0) is 30.7 Å². The molecular weight excluding hydrogens is 318 g/mol. The van der Waals surface area contributed by atoms with Crippen molar-refractivity contribution in [2.45, 2.75) is 13.5 Å². The van der Waals surface area contributed by atoms with Gasteiger partial charge in [-0.1, -0.05) is 29.8 Å². The van der Waals surface area contributed by atoms with Gasteiger partial charge < -0.3 is 10.6 Å². The highest BCUT2D eigenvalue weighted by molar-refractivity contribution is 6.31. The zero-order valence-corrected chi connectivity index (χ0v) is 13.3. The average molecular weight is 334 g/mol. The number of nitrogens with zero attached hydrogens (tertiary/aromatic N) is 2. The maximum atomic E-state index is 12.6. The van der Waals surface area contributed by atoms with Crippen LogP contribution in [0.5, 0.6) is 0 Å². The molecule has 23 heavy (non-hydrogen) atoms. The summed E-state index contributed by atoms with van der Waals surface area (Å²) in [4.78, 5) is 24.5. The largest absolute Gasteiger partial charge is 0.393 e. The number of nitro benzene ring substituents is 1. The number of nitrogens with two attached hydrogens (primary N) is 1. The molecule has 0 aliphatic rings. The average Bonchev–Trinajstić information content (AvgIpc) is 2.53. The Labute approximate surface area is 138 Å². The van der Waals surface area contributed by atoms with Crippen molar-refractivity contribution in [3.8, 4) is 0 Å². The number of nitro groups is 1. The number of nitrogen functional groups attached to an aromatic ring is 1. The normalized spacial score (nSPS) is 10.3. The summed E-state index contributed by atoms with van der Waals surface area (Å²) in [7, 11) is 0. The fraction of sp³-hybridized carbons (Fsp3) is 0.188. The Balaban J connectivity index is 2.28. The molecule has 2 aromatic rings. The summed E-state index contributed by atoms with van der Waals surface area (Å²) in [5.74, 6) is -0.310. The number of benzene rings is 2. The van der Waals surface area contributed by atoms with Gasteiger partial charge in [0.15, 0.2) is 0 Å². The fourth-order valence-corrected chi connectivity index (χ4v) is 2.37. The van der Waals surface area contributed by atoms with Crippen LogP contribution in [0.2, 0.25) is 5.02 Å². The molecule has 2 N–H and O–H groups in total. The number of rotatable bonds is 5.